The van der Waals surface area contributed by atoms with Crippen LogP contribution in [0.3, 0.4) is 0 Å². The number of halogens is 1. The van der Waals surface area contributed by atoms with Crippen molar-refractivity contribution < 1.29 is 14.3 Å². The number of carbonyl (C=O) groups is 1. The fraction of sp³-hybridized carbons (Fsp3) is 0.235. The number of hydrogen-bond acceptors (Lipinski definition) is 3. The van der Waals surface area contributed by atoms with Gasteiger partial charge in [0.1, 0.15) is 11.9 Å². The Balaban J connectivity index is 1.94. The molecule has 0 saturated carbocycles. The number of methoxy groups -OCH3 is 2. The molecule has 0 fully saturated rings. The van der Waals surface area contributed by atoms with Crippen molar-refractivity contribution in [3.05, 3.63) is 59.1 Å². The average molecular weight is 335 g/mol. The number of rotatable bonds is 6. The summed E-state index contributed by atoms with van der Waals surface area (Å²) in [5.74, 6) is 0.722. The molecule has 2 amide bonds. The van der Waals surface area contributed by atoms with Crippen LogP contribution in [-0.4, -0.2) is 26.8 Å². The second kappa shape index (κ2) is 8.41. The SMILES string of the molecule is COc1ccccc1C(CNC(=O)Nc1ccc(Cl)cc1)OC. The van der Waals surface area contributed by atoms with Crippen LogP contribution in [0.2, 0.25) is 5.02 Å². The number of amides is 2. The standard InChI is InChI=1S/C17H19ClN2O3/c1-22-15-6-4-3-5-14(15)16(23-2)11-19-17(21)20-13-9-7-12(18)8-10-13/h3-10,16H,11H2,1-2H3,(H2,19,20,21). The lowest BCUT2D eigenvalue weighted by atomic mass is 10.1. The van der Waals surface area contributed by atoms with Crippen molar-refractivity contribution in [3.8, 4) is 5.75 Å². The van der Waals surface area contributed by atoms with Crippen LogP contribution in [0.5, 0.6) is 5.75 Å². The predicted molar refractivity (Wildman–Crippen MR) is 91.2 cm³/mol. The lowest BCUT2D eigenvalue weighted by Crippen LogP contribution is -2.33. The molecule has 122 valence electrons. The third-order valence-corrected chi connectivity index (χ3v) is 3.57. The number of ether oxygens (including phenoxy) is 2. The minimum Gasteiger partial charge on any atom is -0.496 e. The average Bonchev–Trinajstić information content (AvgIpc) is 2.58. The van der Waals surface area contributed by atoms with Gasteiger partial charge in [-0.1, -0.05) is 29.8 Å². The zero-order valence-corrected chi connectivity index (χ0v) is 13.8. The molecule has 0 aliphatic heterocycles. The molecule has 0 aromatic heterocycles. The Labute approximate surface area is 140 Å². The highest BCUT2D eigenvalue weighted by molar-refractivity contribution is 6.30. The normalized spacial score (nSPS) is 11.6. The Morgan fingerprint density at radius 1 is 1.13 bits per heavy atom. The van der Waals surface area contributed by atoms with Crippen molar-refractivity contribution in [2.24, 2.45) is 0 Å². The van der Waals surface area contributed by atoms with Gasteiger partial charge in [0.25, 0.3) is 0 Å². The number of nitrogens with one attached hydrogen (secondary N) is 2. The summed E-state index contributed by atoms with van der Waals surface area (Å²) < 4.78 is 10.8. The Hall–Kier alpha value is -2.24. The van der Waals surface area contributed by atoms with Crippen LogP contribution in [0.15, 0.2) is 48.5 Å². The van der Waals surface area contributed by atoms with E-state index < -0.39 is 0 Å². The van der Waals surface area contributed by atoms with Gasteiger partial charge in [-0.05, 0) is 30.3 Å². The van der Waals surface area contributed by atoms with Gasteiger partial charge in [0.15, 0.2) is 0 Å². The number of anilines is 1. The van der Waals surface area contributed by atoms with E-state index in [1.54, 1.807) is 38.5 Å². The molecule has 23 heavy (non-hydrogen) atoms. The van der Waals surface area contributed by atoms with Crippen LogP contribution in [0, 0.1) is 0 Å². The molecule has 6 heteroatoms. The lowest BCUT2D eigenvalue weighted by Gasteiger charge is -2.19. The molecule has 2 rings (SSSR count). The third-order valence-electron chi connectivity index (χ3n) is 3.32. The van der Waals surface area contributed by atoms with Crippen LogP contribution < -0.4 is 15.4 Å². The molecule has 1 unspecified atom stereocenters. The quantitative estimate of drug-likeness (QED) is 0.843. The summed E-state index contributed by atoms with van der Waals surface area (Å²) in [5.41, 5.74) is 1.54. The highest BCUT2D eigenvalue weighted by atomic mass is 35.5. The number of hydrogen-bond donors (Lipinski definition) is 2. The molecule has 0 saturated heterocycles. The monoisotopic (exact) mass is 334 g/mol. The van der Waals surface area contributed by atoms with Gasteiger partial charge in [0, 0.05) is 29.9 Å². The third kappa shape index (κ3) is 4.87. The zero-order chi connectivity index (χ0) is 16.7. The maximum Gasteiger partial charge on any atom is 0.319 e. The molecule has 0 radical (unpaired) electrons. The summed E-state index contributed by atoms with van der Waals surface area (Å²) in [7, 11) is 3.20. The van der Waals surface area contributed by atoms with Crippen molar-refractivity contribution in [2.45, 2.75) is 6.10 Å². The van der Waals surface area contributed by atoms with E-state index in [9.17, 15) is 4.79 Å². The molecule has 2 N–H and O–H groups in total. The van der Waals surface area contributed by atoms with Gasteiger partial charge in [-0.3, -0.25) is 0 Å². The van der Waals surface area contributed by atoms with Crippen LogP contribution in [0.4, 0.5) is 10.5 Å². The topological polar surface area (TPSA) is 59.6 Å². The summed E-state index contributed by atoms with van der Waals surface area (Å²) in [5, 5.41) is 6.13. The number of para-hydroxylation sites is 1. The fourth-order valence-corrected chi connectivity index (χ4v) is 2.27. The first-order valence-electron chi connectivity index (χ1n) is 7.10. The van der Waals surface area contributed by atoms with E-state index in [4.69, 9.17) is 21.1 Å². The maximum atomic E-state index is 12.0. The minimum atomic E-state index is -0.315. The van der Waals surface area contributed by atoms with Gasteiger partial charge in [-0.15, -0.1) is 0 Å². The summed E-state index contributed by atoms with van der Waals surface area (Å²) in [6.07, 6.45) is -0.304. The number of carbonyl (C=O) groups excluding carboxylic acids is 1. The van der Waals surface area contributed by atoms with Gasteiger partial charge in [0.05, 0.1) is 7.11 Å². The van der Waals surface area contributed by atoms with Crippen molar-refractivity contribution >= 4 is 23.3 Å². The highest BCUT2D eigenvalue weighted by Crippen LogP contribution is 2.26. The van der Waals surface area contributed by atoms with Crippen LogP contribution >= 0.6 is 11.6 Å². The molecule has 0 aliphatic carbocycles. The van der Waals surface area contributed by atoms with Gasteiger partial charge in [-0.2, -0.15) is 0 Å². The van der Waals surface area contributed by atoms with E-state index in [-0.39, 0.29) is 12.1 Å². The second-order valence-electron chi connectivity index (χ2n) is 4.81. The Kier molecular flexibility index (Phi) is 6.26. The van der Waals surface area contributed by atoms with Crippen LogP contribution in [-0.2, 0) is 4.74 Å². The number of benzene rings is 2. The molecule has 0 spiro atoms. The van der Waals surface area contributed by atoms with Gasteiger partial charge < -0.3 is 20.1 Å². The highest BCUT2D eigenvalue weighted by Gasteiger charge is 2.16. The Morgan fingerprint density at radius 2 is 1.83 bits per heavy atom. The van der Waals surface area contributed by atoms with E-state index in [0.717, 1.165) is 11.3 Å². The van der Waals surface area contributed by atoms with Crippen molar-refractivity contribution in [1.29, 1.82) is 0 Å². The first-order chi connectivity index (χ1) is 11.1. The van der Waals surface area contributed by atoms with Crippen LogP contribution in [0.25, 0.3) is 0 Å². The second-order valence-corrected chi connectivity index (χ2v) is 5.24. The number of urea groups is 1. The fourth-order valence-electron chi connectivity index (χ4n) is 2.15. The molecular weight excluding hydrogens is 316 g/mol. The molecule has 0 bridgehead atoms. The first kappa shape index (κ1) is 17.1. The molecule has 2 aromatic carbocycles. The molecule has 5 nitrogen and oxygen atoms in total. The van der Waals surface area contributed by atoms with Gasteiger partial charge >= 0.3 is 6.03 Å². The van der Waals surface area contributed by atoms with E-state index in [0.29, 0.717) is 17.3 Å². The summed E-state index contributed by atoms with van der Waals surface area (Å²) in [6.45, 7) is 0.316. The minimum absolute atomic E-state index is 0.304. The zero-order valence-electron chi connectivity index (χ0n) is 13.0. The summed E-state index contributed by atoms with van der Waals surface area (Å²) >= 11 is 5.81. The molecule has 0 heterocycles. The largest absolute Gasteiger partial charge is 0.496 e. The van der Waals surface area contributed by atoms with Crippen molar-refractivity contribution in [2.75, 3.05) is 26.1 Å². The molecule has 1 atom stereocenters. The lowest BCUT2D eigenvalue weighted by molar-refractivity contribution is 0.102. The van der Waals surface area contributed by atoms with Crippen molar-refractivity contribution in [3.63, 3.8) is 0 Å². The summed E-state index contributed by atoms with van der Waals surface area (Å²) in [6, 6.07) is 14.1. The Bertz CT molecular complexity index is 647. The maximum absolute atomic E-state index is 12.0. The predicted octanol–water partition coefficient (Wildman–Crippen LogP) is 3.86. The molecular formula is C17H19ClN2O3. The van der Waals surface area contributed by atoms with E-state index >= 15 is 0 Å². The Morgan fingerprint density at radius 3 is 2.48 bits per heavy atom. The smallest absolute Gasteiger partial charge is 0.319 e. The van der Waals surface area contributed by atoms with Crippen LogP contribution in [0.1, 0.15) is 11.7 Å². The van der Waals surface area contributed by atoms with E-state index in [2.05, 4.69) is 10.6 Å². The van der Waals surface area contributed by atoms with Crippen molar-refractivity contribution in [1.82, 2.24) is 5.32 Å². The van der Waals surface area contributed by atoms with Gasteiger partial charge in [-0.25, -0.2) is 4.79 Å². The van der Waals surface area contributed by atoms with E-state index in [1.807, 2.05) is 24.3 Å². The van der Waals surface area contributed by atoms with Gasteiger partial charge in [0.2, 0.25) is 0 Å². The van der Waals surface area contributed by atoms with E-state index in [1.165, 1.54) is 0 Å². The molecule has 0 aliphatic rings. The molecule has 2 aromatic rings. The summed E-state index contributed by atoms with van der Waals surface area (Å²) in [4.78, 5) is 12.0. The first-order valence-corrected chi connectivity index (χ1v) is 7.48.